The molecule has 170 valence electrons. The van der Waals surface area contributed by atoms with E-state index < -0.39 is 29.9 Å². The minimum atomic E-state index is -1.63. The molecule has 2 unspecified atom stereocenters. The lowest BCUT2D eigenvalue weighted by molar-refractivity contribution is 0.0165. The highest BCUT2D eigenvalue weighted by atomic mass is 19.1. The molecule has 3 aromatic carbocycles. The van der Waals surface area contributed by atoms with E-state index in [2.05, 4.69) is 5.32 Å². The number of alkyl carbamates (subject to hydrolysis) is 1. The second-order valence-electron chi connectivity index (χ2n) is 7.98. The third kappa shape index (κ3) is 4.51. The highest BCUT2D eigenvalue weighted by Crippen LogP contribution is 2.44. The van der Waals surface area contributed by atoms with Gasteiger partial charge in [0.15, 0.2) is 5.78 Å². The highest BCUT2D eigenvalue weighted by Gasteiger charge is 2.29. The maximum atomic E-state index is 14.5. The lowest BCUT2D eigenvalue weighted by atomic mass is 9.98. The minimum Gasteiger partial charge on any atom is -0.449 e. The van der Waals surface area contributed by atoms with Crippen molar-refractivity contribution < 1.29 is 28.9 Å². The van der Waals surface area contributed by atoms with Crippen LogP contribution in [-0.4, -0.2) is 41.3 Å². The number of ether oxygens (including phenoxy) is 1. The standard InChI is InChI=1S/C26H24FNO5/c1-15(29)16-11-6-12-21(24(16)27)25(31)23(30)13-28-26(32)33-14-22-19-9-4-2-7-17(19)18-8-3-5-10-20(18)22/h2-12,22-23,25,30-31H,13-14H2,1H3,(H,28,32). The average molecular weight is 449 g/mol. The quantitative estimate of drug-likeness (QED) is 0.475. The number of amides is 1. The molecule has 6 nitrogen and oxygen atoms in total. The van der Waals surface area contributed by atoms with Crippen LogP contribution >= 0.6 is 0 Å². The fourth-order valence-electron chi connectivity index (χ4n) is 4.21. The molecule has 0 saturated carbocycles. The summed E-state index contributed by atoms with van der Waals surface area (Å²) in [5.74, 6) is -1.49. The van der Waals surface area contributed by atoms with Gasteiger partial charge in [0.25, 0.3) is 0 Å². The molecule has 33 heavy (non-hydrogen) atoms. The van der Waals surface area contributed by atoms with Gasteiger partial charge in [0.1, 0.15) is 24.6 Å². The summed E-state index contributed by atoms with van der Waals surface area (Å²) in [7, 11) is 0. The Morgan fingerprint density at radius 1 is 0.970 bits per heavy atom. The fraction of sp³-hybridized carbons (Fsp3) is 0.231. The summed E-state index contributed by atoms with van der Waals surface area (Å²) in [5, 5.41) is 23.0. The molecule has 0 fully saturated rings. The van der Waals surface area contributed by atoms with Crippen LogP contribution in [0.4, 0.5) is 9.18 Å². The number of nitrogens with one attached hydrogen (secondary N) is 1. The molecule has 0 heterocycles. The van der Waals surface area contributed by atoms with E-state index in [-0.39, 0.29) is 30.2 Å². The van der Waals surface area contributed by atoms with E-state index in [1.54, 1.807) is 0 Å². The number of Topliss-reactive ketones (excluding diaryl/α,β-unsaturated/α-hetero) is 1. The van der Waals surface area contributed by atoms with Gasteiger partial charge in [0.05, 0.1) is 5.56 Å². The van der Waals surface area contributed by atoms with Gasteiger partial charge in [-0.05, 0) is 35.2 Å². The van der Waals surface area contributed by atoms with E-state index in [0.29, 0.717) is 0 Å². The van der Waals surface area contributed by atoms with Crippen molar-refractivity contribution in [2.24, 2.45) is 0 Å². The predicted molar refractivity (Wildman–Crippen MR) is 120 cm³/mol. The SMILES string of the molecule is CC(=O)c1cccc(C(O)C(O)CNC(=O)OCC2c3ccccc3-c3ccccc32)c1F. The molecule has 4 rings (SSSR count). The van der Waals surface area contributed by atoms with Gasteiger partial charge in [-0.25, -0.2) is 9.18 Å². The summed E-state index contributed by atoms with van der Waals surface area (Å²) in [6.07, 6.45) is -3.89. The lowest BCUT2D eigenvalue weighted by Crippen LogP contribution is -2.36. The third-order valence-corrected chi connectivity index (χ3v) is 5.89. The number of aliphatic hydroxyl groups is 2. The van der Waals surface area contributed by atoms with Gasteiger partial charge < -0.3 is 20.3 Å². The van der Waals surface area contributed by atoms with Crippen LogP contribution in [0.25, 0.3) is 11.1 Å². The second-order valence-corrected chi connectivity index (χ2v) is 7.98. The summed E-state index contributed by atoms with van der Waals surface area (Å²) >= 11 is 0. The fourth-order valence-corrected chi connectivity index (χ4v) is 4.21. The van der Waals surface area contributed by atoms with Gasteiger partial charge in [-0.3, -0.25) is 4.79 Å². The Labute approximate surface area is 190 Å². The molecular formula is C26H24FNO5. The molecule has 2 atom stereocenters. The van der Waals surface area contributed by atoms with Crippen LogP contribution in [0, 0.1) is 5.82 Å². The molecule has 1 aliphatic rings. The molecule has 0 aromatic heterocycles. The van der Waals surface area contributed by atoms with Crippen molar-refractivity contribution in [3.8, 4) is 11.1 Å². The lowest BCUT2D eigenvalue weighted by Gasteiger charge is -2.20. The molecule has 0 aliphatic heterocycles. The summed E-state index contributed by atoms with van der Waals surface area (Å²) in [4.78, 5) is 23.8. The molecule has 3 N–H and O–H groups in total. The first-order valence-corrected chi connectivity index (χ1v) is 10.6. The van der Waals surface area contributed by atoms with Gasteiger partial charge >= 0.3 is 6.09 Å². The van der Waals surface area contributed by atoms with Crippen LogP contribution in [0.5, 0.6) is 0 Å². The van der Waals surface area contributed by atoms with Crippen molar-refractivity contribution in [3.05, 3.63) is 94.8 Å². The van der Waals surface area contributed by atoms with Crippen molar-refractivity contribution >= 4 is 11.9 Å². The molecule has 0 spiro atoms. The van der Waals surface area contributed by atoms with Crippen molar-refractivity contribution in [3.63, 3.8) is 0 Å². The molecular weight excluding hydrogens is 425 g/mol. The first kappa shape index (κ1) is 22.6. The first-order chi connectivity index (χ1) is 15.9. The number of halogens is 1. The Kier molecular flexibility index (Phi) is 6.53. The zero-order valence-electron chi connectivity index (χ0n) is 18.0. The van der Waals surface area contributed by atoms with E-state index in [4.69, 9.17) is 4.74 Å². The molecule has 1 amide bonds. The summed E-state index contributed by atoms with van der Waals surface area (Å²) in [6.45, 7) is 0.957. The van der Waals surface area contributed by atoms with Crippen molar-refractivity contribution in [1.82, 2.24) is 5.32 Å². The van der Waals surface area contributed by atoms with Crippen molar-refractivity contribution in [1.29, 1.82) is 0 Å². The zero-order chi connectivity index (χ0) is 23.5. The second kappa shape index (κ2) is 9.52. The van der Waals surface area contributed by atoms with Crippen molar-refractivity contribution in [2.75, 3.05) is 13.2 Å². The summed E-state index contributed by atoms with van der Waals surface area (Å²) in [6, 6.07) is 19.9. The van der Waals surface area contributed by atoms with Crippen LogP contribution in [0.15, 0.2) is 66.7 Å². The van der Waals surface area contributed by atoms with Crippen LogP contribution in [-0.2, 0) is 4.74 Å². The summed E-state index contributed by atoms with van der Waals surface area (Å²) < 4.78 is 19.9. The Balaban J connectivity index is 1.36. The molecule has 7 heteroatoms. The van der Waals surface area contributed by atoms with Gasteiger partial charge in [-0.2, -0.15) is 0 Å². The number of benzene rings is 3. The molecule has 0 radical (unpaired) electrons. The van der Waals surface area contributed by atoms with Gasteiger partial charge in [0.2, 0.25) is 0 Å². The number of hydrogen-bond acceptors (Lipinski definition) is 5. The van der Waals surface area contributed by atoms with Crippen molar-refractivity contribution in [2.45, 2.75) is 25.0 Å². The number of carbonyl (C=O) groups is 2. The Morgan fingerprint density at radius 3 is 2.18 bits per heavy atom. The number of fused-ring (bicyclic) bond motifs is 3. The topological polar surface area (TPSA) is 95.9 Å². The number of aliphatic hydroxyl groups excluding tert-OH is 2. The normalized spacial score (nSPS) is 14.2. The van der Waals surface area contributed by atoms with E-state index >= 15 is 0 Å². The highest BCUT2D eigenvalue weighted by molar-refractivity contribution is 5.94. The number of ketones is 1. The van der Waals surface area contributed by atoms with Gasteiger partial charge in [-0.15, -0.1) is 0 Å². The molecule has 0 saturated heterocycles. The predicted octanol–water partition coefficient (Wildman–Crippen LogP) is 3.96. The number of hydrogen-bond donors (Lipinski definition) is 3. The Morgan fingerprint density at radius 2 is 1.58 bits per heavy atom. The Hall–Kier alpha value is -3.55. The number of carbonyl (C=O) groups excluding carboxylic acids is 2. The van der Waals surface area contributed by atoms with E-state index in [1.165, 1.54) is 25.1 Å². The van der Waals surface area contributed by atoms with E-state index in [0.717, 1.165) is 22.3 Å². The smallest absolute Gasteiger partial charge is 0.407 e. The summed E-state index contributed by atoms with van der Waals surface area (Å²) in [5.41, 5.74) is 3.96. The third-order valence-electron chi connectivity index (χ3n) is 5.89. The zero-order valence-corrected chi connectivity index (χ0v) is 18.0. The maximum Gasteiger partial charge on any atom is 0.407 e. The average Bonchev–Trinajstić information content (AvgIpc) is 3.14. The largest absolute Gasteiger partial charge is 0.449 e. The molecule has 3 aromatic rings. The molecule has 0 bridgehead atoms. The maximum absolute atomic E-state index is 14.5. The van der Waals surface area contributed by atoms with E-state index in [1.807, 2.05) is 48.5 Å². The number of rotatable bonds is 7. The molecule has 1 aliphatic carbocycles. The van der Waals surface area contributed by atoms with Crippen LogP contribution in [0.2, 0.25) is 0 Å². The van der Waals surface area contributed by atoms with Gasteiger partial charge in [-0.1, -0.05) is 60.7 Å². The van der Waals surface area contributed by atoms with Crippen LogP contribution in [0.3, 0.4) is 0 Å². The van der Waals surface area contributed by atoms with Crippen LogP contribution in [0.1, 0.15) is 46.0 Å². The minimum absolute atomic E-state index is 0.105. The van der Waals surface area contributed by atoms with E-state index in [9.17, 15) is 24.2 Å². The Bertz CT molecular complexity index is 1150. The monoisotopic (exact) mass is 449 g/mol. The first-order valence-electron chi connectivity index (χ1n) is 10.6. The van der Waals surface area contributed by atoms with Crippen LogP contribution < -0.4 is 5.32 Å². The van der Waals surface area contributed by atoms with Gasteiger partial charge in [0, 0.05) is 18.0 Å².